The van der Waals surface area contributed by atoms with Gasteiger partial charge in [-0.15, -0.1) is 0 Å². The molecule has 0 atom stereocenters. The van der Waals surface area contributed by atoms with Crippen LogP contribution >= 0.6 is 23.4 Å². The van der Waals surface area contributed by atoms with Crippen molar-refractivity contribution in [2.45, 2.75) is 45.8 Å². The van der Waals surface area contributed by atoms with E-state index in [1.54, 1.807) is 12.1 Å². The van der Waals surface area contributed by atoms with Gasteiger partial charge in [0.1, 0.15) is 0 Å². The smallest absolute Gasteiger partial charge is 0.478 e. The van der Waals surface area contributed by atoms with Crippen molar-refractivity contribution in [2.24, 2.45) is 0 Å². The number of carbonyl (C=O) groups is 2. The number of hydrogen-bond donors (Lipinski definition) is 2. The van der Waals surface area contributed by atoms with E-state index < -0.39 is 24.3 Å². The van der Waals surface area contributed by atoms with Crippen LogP contribution in [0.5, 0.6) is 0 Å². The minimum Gasteiger partial charge on any atom is -0.478 e. The van der Waals surface area contributed by atoms with E-state index in [9.17, 15) is 14.7 Å². The second-order valence-electron chi connectivity index (χ2n) is 7.35. The van der Waals surface area contributed by atoms with Gasteiger partial charge in [-0.3, -0.25) is 4.79 Å². The standard InChI is InChI=1S/C18H23BClNO5S/c1-10(22)27-9-12(19-25-17(2,3)18(4,5)26-19)6-11-7-13(20)8-14(15(11)21)16(23)24/h6-8H,9,21H2,1-5H3,(H,23,24). The van der Waals surface area contributed by atoms with E-state index in [1.165, 1.54) is 13.0 Å². The minimum atomic E-state index is -1.17. The van der Waals surface area contributed by atoms with Crippen LogP contribution in [0.1, 0.15) is 50.5 Å². The third kappa shape index (κ3) is 4.87. The first kappa shape index (κ1) is 21.8. The number of rotatable bonds is 5. The van der Waals surface area contributed by atoms with Gasteiger partial charge in [-0.25, -0.2) is 4.79 Å². The van der Waals surface area contributed by atoms with Gasteiger partial charge in [0, 0.05) is 17.7 Å². The van der Waals surface area contributed by atoms with Gasteiger partial charge in [0.25, 0.3) is 0 Å². The number of benzene rings is 1. The lowest BCUT2D eigenvalue weighted by atomic mass is 9.78. The van der Waals surface area contributed by atoms with E-state index in [1.807, 2.05) is 27.7 Å². The number of anilines is 1. The van der Waals surface area contributed by atoms with Gasteiger partial charge < -0.3 is 20.1 Å². The van der Waals surface area contributed by atoms with Crippen LogP contribution in [0.4, 0.5) is 5.69 Å². The second kappa shape index (κ2) is 7.87. The number of carbonyl (C=O) groups excluding carboxylic acids is 1. The van der Waals surface area contributed by atoms with Crippen LogP contribution in [0.3, 0.4) is 0 Å². The summed E-state index contributed by atoms with van der Waals surface area (Å²) in [6.07, 6.45) is 1.69. The number of aromatic carboxylic acids is 1. The molecule has 0 bridgehead atoms. The molecule has 2 rings (SSSR count). The molecule has 0 unspecified atom stereocenters. The number of carboxylic acid groups (broad SMARTS) is 1. The Morgan fingerprint density at radius 2 is 1.81 bits per heavy atom. The molecule has 1 heterocycles. The van der Waals surface area contributed by atoms with E-state index >= 15 is 0 Å². The molecule has 1 aliphatic heterocycles. The Morgan fingerprint density at radius 3 is 2.30 bits per heavy atom. The Kier molecular flexibility index (Phi) is 6.36. The Labute approximate surface area is 168 Å². The van der Waals surface area contributed by atoms with Gasteiger partial charge in [-0.05, 0) is 50.9 Å². The van der Waals surface area contributed by atoms with Crippen LogP contribution in [0.2, 0.25) is 5.02 Å². The Balaban J connectivity index is 2.49. The van der Waals surface area contributed by atoms with Crippen LogP contribution < -0.4 is 5.73 Å². The minimum absolute atomic E-state index is 0.0530. The van der Waals surface area contributed by atoms with E-state index in [0.29, 0.717) is 16.8 Å². The van der Waals surface area contributed by atoms with Crippen molar-refractivity contribution in [3.63, 3.8) is 0 Å². The van der Waals surface area contributed by atoms with E-state index in [4.69, 9.17) is 26.6 Å². The van der Waals surface area contributed by atoms with Crippen LogP contribution in [0.15, 0.2) is 17.6 Å². The summed E-state index contributed by atoms with van der Waals surface area (Å²) < 4.78 is 12.1. The first-order valence-electron chi connectivity index (χ1n) is 8.36. The Hall–Kier alpha value is -1.48. The number of hydrogen-bond acceptors (Lipinski definition) is 6. The molecule has 9 heteroatoms. The first-order chi connectivity index (χ1) is 12.3. The molecule has 146 valence electrons. The molecule has 27 heavy (non-hydrogen) atoms. The van der Waals surface area contributed by atoms with Crippen molar-refractivity contribution in [3.05, 3.63) is 33.8 Å². The summed E-state index contributed by atoms with van der Waals surface area (Å²) in [6.45, 7) is 9.19. The highest BCUT2D eigenvalue weighted by atomic mass is 35.5. The summed E-state index contributed by atoms with van der Waals surface area (Å²) in [6, 6.07) is 2.88. The second-order valence-corrected chi connectivity index (χ2v) is 8.94. The van der Waals surface area contributed by atoms with Crippen LogP contribution in [-0.2, 0) is 14.1 Å². The molecule has 6 nitrogen and oxygen atoms in total. The molecule has 1 saturated heterocycles. The fourth-order valence-electron chi connectivity index (χ4n) is 2.49. The van der Waals surface area contributed by atoms with Gasteiger partial charge in [0.15, 0.2) is 5.12 Å². The molecule has 0 amide bonds. The molecular formula is C18H23BClNO5S. The molecule has 0 radical (unpaired) electrons. The summed E-state index contributed by atoms with van der Waals surface area (Å²) in [7, 11) is -0.687. The molecule has 0 saturated carbocycles. The highest BCUT2D eigenvalue weighted by molar-refractivity contribution is 8.13. The monoisotopic (exact) mass is 411 g/mol. The highest BCUT2D eigenvalue weighted by Crippen LogP contribution is 2.40. The number of halogens is 1. The SMILES string of the molecule is CC(=O)SCC(=Cc1cc(Cl)cc(C(=O)O)c1N)B1OC(C)(C)C(C)(C)O1. The third-order valence-electron chi connectivity index (χ3n) is 4.75. The molecule has 0 aromatic heterocycles. The molecule has 1 aromatic carbocycles. The lowest BCUT2D eigenvalue weighted by molar-refractivity contribution is -0.109. The summed E-state index contributed by atoms with van der Waals surface area (Å²) in [4.78, 5) is 22.9. The quantitative estimate of drug-likeness (QED) is 0.559. The zero-order chi connectivity index (χ0) is 20.6. The lowest BCUT2D eigenvalue weighted by Crippen LogP contribution is -2.41. The zero-order valence-corrected chi connectivity index (χ0v) is 17.5. The van der Waals surface area contributed by atoms with Gasteiger partial charge in [-0.2, -0.15) is 0 Å². The molecule has 1 aromatic rings. The summed E-state index contributed by atoms with van der Waals surface area (Å²) in [5, 5.41) is 9.51. The average Bonchev–Trinajstić information content (AvgIpc) is 2.74. The number of carboxylic acids is 1. The Morgan fingerprint density at radius 1 is 1.26 bits per heavy atom. The van der Waals surface area contributed by atoms with Crippen molar-refractivity contribution < 1.29 is 24.0 Å². The van der Waals surface area contributed by atoms with Crippen LogP contribution in [0.25, 0.3) is 6.08 Å². The maximum Gasteiger partial charge on any atom is 0.491 e. The predicted octanol–water partition coefficient (Wildman–Crippen LogP) is 3.91. The van der Waals surface area contributed by atoms with Crippen molar-refractivity contribution in [2.75, 3.05) is 11.5 Å². The largest absolute Gasteiger partial charge is 0.491 e. The van der Waals surface area contributed by atoms with Crippen molar-refractivity contribution in [1.82, 2.24) is 0 Å². The van der Waals surface area contributed by atoms with Crippen molar-refractivity contribution in [3.8, 4) is 0 Å². The Bertz CT molecular complexity index is 793. The normalized spacial score (nSPS) is 18.6. The van der Waals surface area contributed by atoms with Crippen LogP contribution in [0, 0.1) is 0 Å². The molecule has 0 aliphatic carbocycles. The molecule has 0 spiro atoms. The average molecular weight is 412 g/mol. The number of nitrogens with two attached hydrogens (primary N) is 1. The topological polar surface area (TPSA) is 98.9 Å². The van der Waals surface area contributed by atoms with Crippen LogP contribution in [-0.4, -0.2) is 40.3 Å². The lowest BCUT2D eigenvalue weighted by Gasteiger charge is -2.32. The summed E-state index contributed by atoms with van der Waals surface area (Å²) in [5.41, 5.74) is 6.03. The van der Waals surface area contributed by atoms with E-state index in [2.05, 4.69) is 0 Å². The fourth-order valence-corrected chi connectivity index (χ4v) is 3.31. The maximum atomic E-state index is 11.5. The zero-order valence-electron chi connectivity index (χ0n) is 16.0. The van der Waals surface area contributed by atoms with Crippen molar-refractivity contribution in [1.29, 1.82) is 0 Å². The van der Waals surface area contributed by atoms with Gasteiger partial charge in [-0.1, -0.05) is 29.4 Å². The fraction of sp³-hybridized carbons (Fsp3) is 0.444. The van der Waals surface area contributed by atoms with E-state index in [-0.39, 0.29) is 21.4 Å². The van der Waals surface area contributed by atoms with Crippen molar-refractivity contribution >= 4 is 53.3 Å². The highest BCUT2D eigenvalue weighted by Gasteiger charge is 2.52. The molecule has 3 N–H and O–H groups in total. The third-order valence-corrected chi connectivity index (χ3v) is 5.85. The summed E-state index contributed by atoms with van der Waals surface area (Å²) in [5.74, 6) is -0.847. The predicted molar refractivity (Wildman–Crippen MR) is 110 cm³/mol. The maximum absolute atomic E-state index is 11.5. The van der Waals surface area contributed by atoms with Gasteiger partial charge >= 0.3 is 13.1 Å². The molecule has 1 fully saturated rings. The first-order valence-corrected chi connectivity index (χ1v) is 9.72. The van der Waals surface area contributed by atoms with Gasteiger partial charge in [0.05, 0.1) is 22.5 Å². The number of nitrogen functional groups attached to an aromatic ring is 1. The molecular weight excluding hydrogens is 389 g/mol. The number of thioether (sulfide) groups is 1. The summed E-state index contributed by atoms with van der Waals surface area (Å²) >= 11 is 7.17. The van der Waals surface area contributed by atoms with E-state index in [0.717, 1.165) is 11.8 Å². The van der Waals surface area contributed by atoms with Gasteiger partial charge in [0.2, 0.25) is 0 Å². The molecule has 1 aliphatic rings.